The molecule has 0 aromatic heterocycles. The van der Waals surface area contributed by atoms with Crippen molar-refractivity contribution in [2.24, 2.45) is 0 Å². The summed E-state index contributed by atoms with van der Waals surface area (Å²) in [6, 6.07) is 0. The van der Waals surface area contributed by atoms with Crippen molar-refractivity contribution >= 4 is 40.0 Å². The summed E-state index contributed by atoms with van der Waals surface area (Å²) >= 11 is 0. The van der Waals surface area contributed by atoms with Crippen LogP contribution in [0.15, 0.2) is 0 Å². The molecule has 0 aliphatic rings. The van der Waals surface area contributed by atoms with E-state index in [0.717, 1.165) is 44.9 Å². The van der Waals surface area contributed by atoms with E-state index < -0.39 is 10.4 Å². The van der Waals surface area contributed by atoms with Gasteiger partial charge in [-0.3, -0.25) is 0 Å². The third-order valence-electron chi connectivity index (χ3n) is 3.56. The van der Waals surface area contributed by atoms with Gasteiger partial charge in [-0.15, -0.1) is 0 Å². The van der Waals surface area contributed by atoms with E-state index >= 15 is 0 Å². The first kappa shape index (κ1) is 25.1. The molecule has 0 rings (SSSR count). The molecule has 1 radical (unpaired) electrons. The average Bonchev–Trinajstić information content (AvgIpc) is 2.45. The fraction of sp³-hybridized carbons (Fsp3) is 1.00. The zero-order chi connectivity index (χ0) is 16.0. The Morgan fingerprint density at radius 2 is 1.36 bits per heavy atom. The first-order valence-corrected chi connectivity index (χ1v) is 9.96. The van der Waals surface area contributed by atoms with Gasteiger partial charge in [0.1, 0.15) is 0 Å². The van der Waals surface area contributed by atoms with Crippen LogP contribution < -0.4 is 0 Å². The Morgan fingerprint density at radius 3 is 1.95 bits per heavy atom. The van der Waals surface area contributed by atoms with Gasteiger partial charge in [-0.2, -0.15) is 8.42 Å². The average molecular weight is 346 g/mol. The Balaban J connectivity index is 0. The molecule has 0 amide bonds. The molecular formula is C16H34NaO4S. The van der Waals surface area contributed by atoms with Crippen molar-refractivity contribution in [3.8, 4) is 0 Å². The summed E-state index contributed by atoms with van der Waals surface area (Å²) in [6.45, 7) is 6.49. The van der Waals surface area contributed by atoms with Gasteiger partial charge in [0.25, 0.3) is 0 Å². The van der Waals surface area contributed by atoms with Crippen molar-refractivity contribution in [2.45, 2.75) is 97.5 Å². The molecule has 0 aromatic rings. The fourth-order valence-electron chi connectivity index (χ4n) is 2.18. The second kappa shape index (κ2) is 16.7. The van der Waals surface area contributed by atoms with Crippen LogP contribution in [0.3, 0.4) is 0 Å². The van der Waals surface area contributed by atoms with Crippen molar-refractivity contribution in [3.05, 3.63) is 0 Å². The van der Waals surface area contributed by atoms with Crippen molar-refractivity contribution in [3.63, 3.8) is 0 Å². The molecule has 0 saturated carbocycles. The fourth-order valence-corrected chi connectivity index (χ4v) is 3.12. The van der Waals surface area contributed by atoms with Crippen LogP contribution in [0.25, 0.3) is 0 Å². The van der Waals surface area contributed by atoms with E-state index in [9.17, 15) is 8.42 Å². The largest absolute Gasteiger partial charge is 0.400 e. The van der Waals surface area contributed by atoms with Crippen molar-refractivity contribution < 1.29 is 16.8 Å². The van der Waals surface area contributed by atoms with Crippen LogP contribution in [-0.4, -0.2) is 50.7 Å². The Kier molecular flexibility index (Phi) is 19.1. The summed E-state index contributed by atoms with van der Waals surface area (Å²) in [7, 11) is -3.83. The van der Waals surface area contributed by atoms with E-state index in [1.807, 2.05) is 6.92 Å². The summed E-state index contributed by atoms with van der Waals surface area (Å²) < 4.78 is 33.5. The first-order chi connectivity index (χ1) is 10.1. The van der Waals surface area contributed by atoms with E-state index in [1.54, 1.807) is 0 Å². The Labute approximate surface area is 160 Å². The van der Waals surface area contributed by atoms with E-state index in [1.165, 1.54) is 19.3 Å². The van der Waals surface area contributed by atoms with Gasteiger partial charge in [0.2, 0.25) is 0 Å². The van der Waals surface area contributed by atoms with E-state index in [2.05, 4.69) is 13.8 Å². The van der Waals surface area contributed by atoms with Crippen molar-refractivity contribution in [2.75, 3.05) is 6.61 Å². The second-order valence-corrected chi connectivity index (χ2v) is 6.86. The van der Waals surface area contributed by atoms with Gasteiger partial charge in [0.05, 0.1) is 12.7 Å². The Bertz CT molecular complexity index is 320. The van der Waals surface area contributed by atoms with Gasteiger partial charge in [0, 0.05) is 29.6 Å². The maximum atomic E-state index is 11.7. The van der Waals surface area contributed by atoms with Gasteiger partial charge in [-0.1, -0.05) is 72.1 Å². The molecule has 22 heavy (non-hydrogen) atoms. The molecule has 129 valence electrons. The minimum Gasteiger partial charge on any atom is -0.248 e. The minimum atomic E-state index is -3.83. The van der Waals surface area contributed by atoms with Gasteiger partial charge in [0.15, 0.2) is 0 Å². The van der Waals surface area contributed by atoms with E-state index in [4.69, 9.17) is 8.37 Å². The second-order valence-electron chi connectivity index (χ2n) is 5.62. The van der Waals surface area contributed by atoms with Crippen LogP contribution in [-0.2, 0) is 18.8 Å². The molecule has 0 aliphatic heterocycles. The molecule has 0 aliphatic carbocycles. The Hall–Kier alpha value is 0.870. The topological polar surface area (TPSA) is 52.6 Å². The maximum Gasteiger partial charge on any atom is 0.400 e. The van der Waals surface area contributed by atoms with Crippen LogP contribution in [0.2, 0.25) is 0 Å². The smallest absolute Gasteiger partial charge is 0.248 e. The number of hydrogen-bond donors (Lipinski definition) is 0. The molecule has 1 atom stereocenters. The number of rotatable bonds is 15. The monoisotopic (exact) mass is 345 g/mol. The maximum absolute atomic E-state index is 11.7. The molecule has 0 fully saturated rings. The molecule has 0 saturated heterocycles. The standard InChI is InChI=1S/C16H34O4S.Na/c1-4-7-9-10-11-13-15-19-21(17,18)20-16(6-3)14-12-8-5-2;/h16H,4-15H2,1-3H3;. The summed E-state index contributed by atoms with van der Waals surface area (Å²) in [5.74, 6) is 0. The first-order valence-electron chi connectivity index (χ1n) is 8.63. The SMILES string of the molecule is CCCCCCCCOS(=O)(=O)OC(CC)CCCCC.[Na]. The van der Waals surface area contributed by atoms with Crippen LogP contribution >= 0.6 is 0 Å². The Morgan fingerprint density at radius 1 is 0.818 bits per heavy atom. The molecule has 1 unspecified atom stereocenters. The molecular weight excluding hydrogens is 311 g/mol. The predicted octanol–water partition coefficient (Wildman–Crippen LogP) is 4.60. The summed E-state index contributed by atoms with van der Waals surface area (Å²) in [5, 5.41) is 0. The summed E-state index contributed by atoms with van der Waals surface area (Å²) in [6.07, 6.45) is 11.1. The van der Waals surface area contributed by atoms with Gasteiger partial charge in [-0.25, -0.2) is 8.37 Å². The van der Waals surface area contributed by atoms with Crippen LogP contribution in [0.1, 0.15) is 91.4 Å². The van der Waals surface area contributed by atoms with Gasteiger partial charge in [-0.05, 0) is 19.3 Å². The normalized spacial score (nSPS) is 12.9. The third kappa shape index (κ3) is 15.8. The minimum absolute atomic E-state index is 0. The zero-order valence-corrected chi connectivity index (χ0v) is 17.9. The summed E-state index contributed by atoms with van der Waals surface area (Å²) in [4.78, 5) is 0. The molecule has 0 N–H and O–H groups in total. The quantitative estimate of drug-likeness (QED) is 0.321. The molecule has 0 heterocycles. The summed E-state index contributed by atoms with van der Waals surface area (Å²) in [5.41, 5.74) is 0. The zero-order valence-electron chi connectivity index (χ0n) is 15.1. The number of unbranched alkanes of at least 4 members (excludes halogenated alkanes) is 7. The van der Waals surface area contributed by atoms with Crippen LogP contribution in [0.5, 0.6) is 0 Å². The number of hydrogen-bond acceptors (Lipinski definition) is 4. The molecule has 0 bridgehead atoms. The van der Waals surface area contributed by atoms with E-state index in [-0.39, 0.29) is 42.3 Å². The van der Waals surface area contributed by atoms with Gasteiger partial charge >= 0.3 is 10.4 Å². The van der Waals surface area contributed by atoms with Crippen molar-refractivity contribution in [1.82, 2.24) is 0 Å². The predicted molar refractivity (Wildman–Crippen MR) is 93.3 cm³/mol. The van der Waals surface area contributed by atoms with Gasteiger partial charge < -0.3 is 0 Å². The molecule has 0 spiro atoms. The van der Waals surface area contributed by atoms with Crippen molar-refractivity contribution in [1.29, 1.82) is 0 Å². The molecule has 0 aromatic carbocycles. The van der Waals surface area contributed by atoms with E-state index in [0.29, 0.717) is 6.42 Å². The third-order valence-corrected chi connectivity index (χ3v) is 4.53. The van der Waals surface area contributed by atoms with Crippen LogP contribution in [0, 0.1) is 0 Å². The molecule has 6 heteroatoms. The molecule has 4 nitrogen and oxygen atoms in total. The van der Waals surface area contributed by atoms with Crippen LogP contribution in [0.4, 0.5) is 0 Å².